The fourth-order valence-electron chi connectivity index (χ4n) is 1.78. The molecule has 0 bridgehead atoms. The maximum atomic E-state index is 11.3. The topological polar surface area (TPSA) is 64.0 Å². The Morgan fingerprint density at radius 3 is 2.47 bits per heavy atom. The van der Waals surface area contributed by atoms with E-state index in [9.17, 15) is 8.42 Å². The summed E-state index contributed by atoms with van der Waals surface area (Å²) in [5.74, 6) is 1.01. The van der Waals surface area contributed by atoms with E-state index < -0.39 is 9.84 Å². The Morgan fingerprint density at radius 1 is 1.26 bits per heavy atom. The molecular formula is C13H17N3O2S. The molecule has 2 rings (SSSR count). The zero-order chi connectivity index (χ0) is 13.9. The Kier molecular flexibility index (Phi) is 3.90. The largest absolute Gasteiger partial charge is 0.385 e. The van der Waals surface area contributed by atoms with Crippen LogP contribution in [-0.2, 0) is 23.3 Å². The van der Waals surface area contributed by atoms with Gasteiger partial charge in [0.15, 0.2) is 9.84 Å². The minimum Gasteiger partial charge on any atom is -0.385 e. The van der Waals surface area contributed by atoms with Crippen molar-refractivity contribution in [2.45, 2.75) is 11.3 Å². The number of benzene rings is 1. The molecule has 0 amide bonds. The van der Waals surface area contributed by atoms with Gasteiger partial charge in [-0.2, -0.15) is 0 Å². The quantitative estimate of drug-likeness (QED) is 0.900. The summed E-state index contributed by atoms with van der Waals surface area (Å²) in [6, 6.07) is 6.76. The summed E-state index contributed by atoms with van der Waals surface area (Å²) in [6.45, 7) is 0.753. The van der Waals surface area contributed by atoms with E-state index in [2.05, 4.69) is 10.3 Å². The average Bonchev–Trinajstić information content (AvgIpc) is 2.75. The monoisotopic (exact) mass is 279 g/mol. The predicted octanol–water partition coefficient (Wildman–Crippen LogP) is 1.48. The van der Waals surface area contributed by atoms with Crippen molar-refractivity contribution >= 4 is 15.5 Å². The van der Waals surface area contributed by atoms with Gasteiger partial charge in [0.05, 0.1) is 4.90 Å². The fourth-order valence-corrected chi connectivity index (χ4v) is 2.41. The maximum absolute atomic E-state index is 11.3. The van der Waals surface area contributed by atoms with Gasteiger partial charge in [-0.25, -0.2) is 13.4 Å². The second kappa shape index (κ2) is 5.44. The molecular weight excluding hydrogens is 262 g/mol. The molecule has 0 aliphatic heterocycles. The number of nitrogens with zero attached hydrogens (tertiary/aromatic N) is 2. The van der Waals surface area contributed by atoms with Crippen LogP contribution < -0.4 is 5.32 Å². The van der Waals surface area contributed by atoms with Crippen molar-refractivity contribution < 1.29 is 8.42 Å². The number of sulfone groups is 1. The molecule has 1 aromatic heterocycles. The highest BCUT2D eigenvalue weighted by atomic mass is 32.2. The van der Waals surface area contributed by atoms with Crippen molar-refractivity contribution in [2.24, 2.45) is 7.05 Å². The average molecular weight is 279 g/mol. The van der Waals surface area contributed by atoms with Gasteiger partial charge in [0.2, 0.25) is 0 Å². The minimum absolute atomic E-state index is 0.335. The van der Waals surface area contributed by atoms with Crippen LogP contribution in [-0.4, -0.2) is 30.8 Å². The van der Waals surface area contributed by atoms with E-state index in [1.165, 1.54) is 6.26 Å². The molecule has 1 aromatic carbocycles. The van der Waals surface area contributed by atoms with Crippen molar-refractivity contribution in [2.75, 3.05) is 18.1 Å². The zero-order valence-corrected chi connectivity index (χ0v) is 11.8. The number of rotatable bonds is 5. The van der Waals surface area contributed by atoms with Crippen LogP contribution in [0, 0.1) is 0 Å². The molecule has 0 atom stereocenters. The summed E-state index contributed by atoms with van der Waals surface area (Å²) >= 11 is 0. The van der Waals surface area contributed by atoms with Gasteiger partial charge in [0.1, 0.15) is 5.82 Å². The van der Waals surface area contributed by atoms with Gasteiger partial charge in [-0.1, -0.05) is 0 Å². The number of aryl methyl sites for hydroxylation is 1. The summed E-state index contributed by atoms with van der Waals surface area (Å²) in [7, 11) is -1.16. The lowest BCUT2D eigenvalue weighted by atomic mass is 10.3. The Labute approximate surface area is 113 Å². The molecule has 0 saturated heterocycles. The summed E-state index contributed by atoms with van der Waals surface area (Å²) in [5.41, 5.74) is 0.904. The summed E-state index contributed by atoms with van der Waals surface area (Å²) < 4.78 is 24.6. The highest BCUT2D eigenvalue weighted by Gasteiger charge is 2.06. The number of anilines is 1. The molecule has 102 valence electrons. The second-order valence-electron chi connectivity index (χ2n) is 4.43. The summed E-state index contributed by atoms with van der Waals surface area (Å²) in [5, 5.41) is 3.24. The van der Waals surface area contributed by atoms with E-state index in [0.717, 1.165) is 24.5 Å². The predicted molar refractivity (Wildman–Crippen MR) is 75.0 cm³/mol. The van der Waals surface area contributed by atoms with Gasteiger partial charge < -0.3 is 9.88 Å². The SMILES string of the molecule is Cn1ccnc1CCNc1ccc(S(C)(=O)=O)cc1. The molecule has 19 heavy (non-hydrogen) atoms. The number of hydrogen-bond donors (Lipinski definition) is 1. The first-order valence-electron chi connectivity index (χ1n) is 5.97. The number of nitrogens with one attached hydrogen (secondary N) is 1. The molecule has 1 N–H and O–H groups in total. The standard InChI is InChI=1S/C13H17N3O2S/c1-16-10-9-15-13(16)7-8-14-11-3-5-12(6-4-11)19(2,17)18/h3-6,9-10,14H,7-8H2,1-2H3. The first-order valence-corrected chi connectivity index (χ1v) is 7.86. The van der Waals surface area contributed by atoms with Gasteiger partial charge >= 0.3 is 0 Å². The molecule has 6 heteroatoms. The fraction of sp³-hybridized carbons (Fsp3) is 0.308. The molecule has 0 spiro atoms. The smallest absolute Gasteiger partial charge is 0.175 e. The van der Waals surface area contributed by atoms with Crippen molar-refractivity contribution in [3.63, 3.8) is 0 Å². The molecule has 2 aromatic rings. The molecule has 5 nitrogen and oxygen atoms in total. The van der Waals surface area contributed by atoms with Crippen LogP contribution in [0.5, 0.6) is 0 Å². The molecule has 0 radical (unpaired) electrons. The van der Waals surface area contributed by atoms with Crippen molar-refractivity contribution in [3.05, 3.63) is 42.5 Å². The van der Waals surface area contributed by atoms with Crippen molar-refractivity contribution in [3.8, 4) is 0 Å². The summed E-state index contributed by atoms with van der Waals surface area (Å²) in [6.07, 6.45) is 5.71. The first-order chi connectivity index (χ1) is 8.97. The Balaban J connectivity index is 1.92. The van der Waals surface area contributed by atoms with Crippen LogP contribution in [0.3, 0.4) is 0 Å². The Hall–Kier alpha value is -1.82. The van der Waals surface area contributed by atoms with Gasteiger partial charge in [0, 0.05) is 44.4 Å². The zero-order valence-electron chi connectivity index (χ0n) is 11.0. The third kappa shape index (κ3) is 3.57. The van der Waals surface area contributed by atoms with Crippen molar-refractivity contribution in [1.82, 2.24) is 9.55 Å². The van der Waals surface area contributed by atoms with Crippen molar-refractivity contribution in [1.29, 1.82) is 0 Å². The van der Waals surface area contributed by atoms with E-state index >= 15 is 0 Å². The van der Waals surface area contributed by atoms with Crippen LogP contribution in [0.1, 0.15) is 5.82 Å². The van der Waals surface area contributed by atoms with E-state index in [4.69, 9.17) is 0 Å². The first kappa shape index (κ1) is 13.6. The van der Waals surface area contributed by atoms with Gasteiger partial charge in [-0.05, 0) is 24.3 Å². The number of hydrogen-bond acceptors (Lipinski definition) is 4. The van der Waals surface area contributed by atoms with E-state index in [-0.39, 0.29) is 0 Å². The molecule has 0 fully saturated rings. The van der Waals surface area contributed by atoms with Gasteiger partial charge in [-0.3, -0.25) is 0 Å². The van der Waals surface area contributed by atoms with Gasteiger partial charge in [0.25, 0.3) is 0 Å². The highest BCUT2D eigenvalue weighted by Crippen LogP contribution is 2.13. The molecule has 0 unspecified atom stereocenters. The molecule has 1 heterocycles. The van der Waals surface area contributed by atoms with E-state index in [1.807, 2.05) is 17.8 Å². The summed E-state index contributed by atoms with van der Waals surface area (Å²) in [4.78, 5) is 4.57. The van der Waals surface area contributed by atoms with E-state index in [0.29, 0.717) is 4.90 Å². The second-order valence-corrected chi connectivity index (χ2v) is 6.44. The Bertz CT molecular complexity index is 645. The lowest BCUT2D eigenvalue weighted by molar-refractivity contribution is 0.602. The van der Waals surface area contributed by atoms with Gasteiger partial charge in [-0.15, -0.1) is 0 Å². The molecule has 0 aliphatic carbocycles. The van der Waals surface area contributed by atoms with E-state index in [1.54, 1.807) is 30.5 Å². The van der Waals surface area contributed by atoms with Crippen LogP contribution in [0.4, 0.5) is 5.69 Å². The van der Waals surface area contributed by atoms with Crippen LogP contribution in [0.2, 0.25) is 0 Å². The van der Waals surface area contributed by atoms with Crippen LogP contribution in [0.15, 0.2) is 41.6 Å². The lowest BCUT2D eigenvalue weighted by Gasteiger charge is -2.07. The van der Waals surface area contributed by atoms with Crippen LogP contribution in [0.25, 0.3) is 0 Å². The third-order valence-electron chi connectivity index (χ3n) is 2.88. The highest BCUT2D eigenvalue weighted by molar-refractivity contribution is 7.90. The number of aromatic nitrogens is 2. The third-order valence-corrected chi connectivity index (χ3v) is 4.01. The maximum Gasteiger partial charge on any atom is 0.175 e. The Morgan fingerprint density at radius 2 is 1.95 bits per heavy atom. The number of imidazole rings is 1. The molecule has 0 aliphatic rings. The van der Waals surface area contributed by atoms with Crippen LogP contribution >= 0.6 is 0 Å². The normalized spacial score (nSPS) is 11.5. The molecule has 0 saturated carbocycles. The lowest BCUT2D eigenvalue weighted by Crippen LogP contribution is -2.08. The minimum atomic E-state index is -3.12.